The minimum absolute atomic E-state index is 0.00530. The van der Waals surface area contributed by atoms with Gasteiger partial charge in [-0.15, -0.1) is 0 Å². The summed E-state index contributed by atoms with van der Waals surface area (Å²) < 4.78 is 11.6. The second kappa shape index (κ2) is 40.3. The van der Waals surface area contributed by atoms with Crippen molar-refractivity contribution < 1.29 is 29.3 Å². The van der Waals surface area contributed by atoms with E-state index in [4.69, 9.17) is 9.47 Å². The monoisotopic (exact) mass is 840 g/mol. The number of carbonyl (C=O) groups is 2. The Morgan fingerprint density at radius 1 is 0.638 bits per heavy atom. The first-order valence-corrected chi connectivity index (χ1v) is 26.5. The van der Waals surface area contributed by atoms with E-state index in [9.17, 15) is 19.8 Å². The number of rotatable bonds is 42. The van der Waals surface area contributed by atoms with Crippen LogP contribution >= 0.6 is 11.8 Å². The molecule has 5 atom stereocenters. The molecule has 0 aromatic rings. The van der Waals surface area contributed by atoms with Crippen LogP contribution in [0.3, 0.4) is 0 Å². The molecule has 1 saturated carbocycles. The predicted molar refractivity (Wildman–Crippen MR) is 249 cm³/mol. The van der Waals surface area contributed by atoms with Crippen molar-refractivity contribution in [2.24, 2.45) is 11.8 Å². The van der Waals surface area contributed by atoms with Crippen LogP contribution in [0.25, 0.3) is 0 Å². The van der Waals surface area contributed by atoms with Gasteiger partial charge in [-0.1, -0.05) is 175 Å². The largest absolute Gasteiger partial charge is 0.465 e. The SMILES string of the molecule is CCCCCCCCC(CCCCCC)COC(=O)CCCCCN(CC(O)CSCCCOC(=O)C(CCCCCC)CCCCCCCC)C1CCCC[C@@H]1O. The predicted octanol–water partition coefficient (Wildman–Crippen LogP) is 13.4. The van der Waals surface area contributed by atoms with Crippen molar-refractivity contribution in [3.63, 3.8) is 0 Å². The van der Waals surface area contributed by atoms with Crippen LogP contribution in [-0.2, 0) is 19.1 Å². The number of carbonyl (C=O) groups excluding carboxylic acids is 2. The number of thioether (sulfide) groups is 1. The van der Waals surface area contributed by atoms with Gasteiger partial charge in [0, 0.05) is 24.8 Å². The molecule has 1 fully saturated rings. The van der Waals surface area contributed by atoms with Gasteiger partial charge in [-0.2, -0.15) is 11.8 Å². The molecule has 1 aliphatic rings. The highest BCUT2D eigenvalue weighted by atomic mass is 32.2. The Labute approximate surface area is 364 Å². The van der Waals surface area contributed by atoms with Gasteiger partial charge >= 0.3 is 11.9 Å². The van der Waals surface area contributed by atoms with Gasteiger partial charge in [0.15, 0.2) is 0 Å². The fraction of sp³-hybridized carbons (Fsp3) is 0.960. The quantitative estimate of drug-likeness (QED) is 0.0463. The lowest BCUT2D eigenvalue weighted by atomic mass is 9.91. The zero-order chi connectivity index (χ0) is 42.3. The van der Waals surface area contributed by atoms with Gasteiger partial charge in [0.2, 0.25) is 0 Å². The van der Waals surface area contributed by atoms with E-state index < -0.39 is 6.10 Å². The lowest BCUT2D eigenvalue weighted by Crippen LogP contribution is -2.49. The van der Waals surface area contributed by atoms with Crippen molar-refractivity contribution in [3.05, 3.63) is 0 Å². The Kier molecular flexibility index (Phi) is 38.3. The molecule has 0 aromatic heterocycles. The fourth-order valence-electron chi connectivity index (χ4n) is 8.70. The van der Waals surface area contributed by atoms with Gasteiger partial charge in [-0.3, -0.25) is 14.5 Å². The lowest BCUT2D eigenvalue weighted by Gasteiger charge is -2.38. The summed E-state index contributed by atoms with van der Waals surface area (Å²) in [4.78, 5) is 28.1. The van der Waals surface area contributed by atoms with Crippen molar-refractivity contribution >= 4 is 23.7 Å². The van der Waals surface area contributed by atoms with Crippen LogP contribution in [-0.4, -0.2) is 83.1 Å². The molecule has 0 aliphatic heterocycles. The first-order valence-electron chi connectivity index (χ1n) is 25.4. The average Bonchev–Trinajstić information content (AvgIpc) is 3.22. The number of nitrogens with zero attached hydrogens (tertiary/aromatic N) is 1. The topological polar surface area (TPSA) is 96.3 Å². The summed E-state index contributed by atoms with van der Waals surface area (Å²) in [5.74, 6) is 1.95. The molecule has 4 unspecified atom stereocenters. The molecule has 7 nitrogen and oxygen atoms in total. The van der Waals surface area contributed by atoms with Crippen LogP contribution in [0.5, 0.6) is 0 Å². The standard InChI is InChI=1S/C50H97NO6S/c1-5-9-13-17-19-23-32-44(31-22-15-11-7-3)42-57-49(54)37-26-21-29-38-51(47-35-27-28-36-48(47)53)41-46(52)43-58-40-30-39-56-50(55)45(33-24-16-12-8-4)34-25-20-18-14-10-6-2/h44-48,52-53H,5-43H2,1-4H3/t44?,45?,46?,47?,48-/m0/s1. The molecular weight excluding hydrogens is 743 g/mol. The van der Waals surface area contributed by atoms with Crippen LogP contribution in [0, 0.1) is 11.8 Å². The molecule has 58 heavy (non-hydrogen) atoms. The first kappa shape index (κ1) is 55.2. The van der Waals surface area contributed by atoms with Gasteiger partial charge in [-0.05, 0) is 76.0 Å². The molecule has 0 amide bonds. The van der Waals surface area contributed by atoms with Crippen molar-refractivity contribution in [1.29, 1.82) is 0 Å². The van der Waals surface area contributed by atoms with Gasteiger partial charge < -0.3 is 19.7 Å². The smallest absolute Gasteiger partial charge is 0.308 e. The van der Waals surface area contributed by atoms with Crippen molar-refractivity contribution in [3.8, 4) is 0 Å². The summed E-state index contributed by atoms with van der Waals surface area (Å²) in [6.45, 7) is 11.4. The van der Waals surface area contributed by atoms with Crippen LogP contribution in [0.2, 0.25) is 0 Å². The first-order chi connectivity index (χ1) is 28.4. The maximum atomic E-state index is 13.0. The molecule has 0 heterocycles. The third-order valence-corrected chi connectivity index (χ3v) is 13.7. The summed E-state index contributed by atoms with van der Waals surface area (Å²) in [5, 5.41) is 22.0. The van der Waals surface area contributed by atoms with Gasteiger partial charge in [0.25, 0.3) is 0 Å². The minimum Gasteiger partial charge on any atom is -0.465 e. The van der Waals surface area contributed by atoms with Crippen molar-refractivity contribution in [1.82, 2.24) is 4.90 Å². The second-order valence-corrected chi connectivity index (χ2v) is 19.2. The minimum atomic E-state index is -0.479. The molecule has 0 spiro atoms. The molecule has 0 radical (unpaired) electrons. The molecule has 1 aliphatic carbocycles. The Hall–Kier alpha value is -0.830. The van der Waals surface area contributed by atoms with Crippen molar-refractivity contribution in [2.45, 2.75) is 258 Å². The number of hydrogen-bond donors (Lipinski definition) is 2. The summed E-state index contributed by atoms with van der Waals surface area (Å²) in [6, 6.07) is 0.0879. The number of aliphatic hydroxyl groups excluding tert-OH is 2. The zero-order valence-corrected chi connectivity index (χ0v) is 39.7. The third kappa shape index (κ3) is 31.1. The van der Waals surface area contributed by atoms with Gasteiger partial charge in [0.1, 0.15) is 0 Å². The van der Waals surface area contributed by atoms with E-state index in [2.05, 4.69) is 32.6 Å². The van der Waals surface area contributed by atoms with E-state index in [0.29, 0.717) is 37.9 Å². The van der Waals surface area contributed by atoms with Gasteiger partial charge in [0.05, 0.1) is 31.3 Å². The Bertz CT molecular complexity index is 923. The van der Waals surface area contributed by atoms with Crippen LogP contribution < -0.4 is 0 Å². The number of aliphatic hydroxyl groups is 2. The summed E-state index contributed by atoms with van der Waals surface area (Å²) >= 11 is 1.73. The molecule has 0 saturated heterocycles. The number of unbranched alkanes of at least 4 members (excludes halogenated alkanes) is 18. The molecule has 0 aromatic carbocycles. The zero-order valence-electron chi connectivity index (χ0n) is 38.8. The Morgan fingerprint density at radius 2 is 1.16 bits per heavy atom. The summed E-state index contributed by atoms with van der Waals surface area (Å²) in [7, 11) is 0. The average molecular weight is 840 g/mol. The maximum Gasteiger partial charge on any atom is 0.308 e. The molecule has 2 N–H and O–H groups in total. The van der Waals surface area contributed by atoms with Crippen LogP contribution in [0.15, 0.2) is 0 Å². The summed E-state index contributed by atoms with van der Waals surface area (Å²) in [6.07, 6.45) is 36.4. The van der Waals surface area contributed by atoms with E-state index in [0.717, 1.165) is 89.3 Å². The number of esters is 2. The number of hydrogen-bond acceptors (Lipinski definition) is 8. The normalized spacial score (nSPS) is 17.4. The summed E-state index contributed by atoms with van der Waals surface area (Å²) in [5.41, 5.74) is 0. The van der Waals surface area contributed by atoms with E-state index in [-0.39, 0.29) is 30.0 Å². The Morgan fingerprint density at radius 3 is 1.74 bits per heavy atom. The van der Waals surface area contributed by atoms with E-state index in [1.807, 2.05) is 0 Å². The van der Waals surface area contributed by atoms with Gasteiger partial charge in [-0.25, -0.2) is 0 Å². The molecule has 0 bridgehead atoms. The highest BCUT2D eigenvalue weighted by molar-refractivity contribution is 7.99. The molecule has 344 valence electrons. The molecule has 8 heteroatoms. The van der Waals surface area contributed by atoms with E-state index in [1.165, 1.54) is 128 Å². The van der Waals surface area contributed by atoms with E-state index >= 15 is 0 Å². The fourth-order valence-corrected chi connectivity index (χ4v) is 9.57. The number of ether oxygens (including phenoxy) is 2. The highest BCUT2D eigenvalue weighted by Gasteiger charge is 2.29. The van der Waals surface area contributed by atoms with E-state index in [1.54, 1.807) is 11.8 Å². The Balaban J connectivity index is 2.43. The third-order valence-electron chi connectivity index (χ3n) is 12.5. The lowest BCUT2D eigenvalue weighted by molar-refractivity contribution is -0.149. The second-order valence-electron chi connectivity index (χ2n) is 18.0. The van der Waals surface area contributed by atoms with Crippen molar-refractivity contribution in [2.75, 3.05) is 37.8 Å². The van der Waals surface area contributed by atoms with Crippen LogP contribution in [0.1, 0.15) is 240 Å². The maximum absolute atomic E-state index is 13.0. The molecular formula is C50H97NO6S. The highest BCUT2D eigenvalue weighted by Crippen LogP contribution is 2.26. The molecule has 1 rings (SSSR count). The van der Waals surface area contributed by atoms with Crippen LogP contribution in [0.4, 0.5) is 0 Å².